The summed E-state index contributed by atoms with van der Waals surface area (Å²) in [7, 11) is 3.44. The lowest BCUT2D eigenvalue weighted by Crippen LogP contribution is -2.36. The number of aromatic nitrogens is 1. The van der Waals surface area contributed by atoms with E-state index in [1.165, 1.54) is 12.8 Å². The van der Waals surface area contributed by atoms with Gasteiger partial charge >= 0.3 is 0 Å². The molecule has 0 aliphatic heterocycles. The molecular weight excluding hydrogens is 280 g/mol. The third-order valence-corrected chi connectivity index (χ3v) is 4.14. The number of pyridine rings is 1. The molecule has 0 saturated heterocycles. The normalized spacial score (nSPS) is 15.5. The first kappa shape index (κ1) is 16.7. The van der Waals surface area contributed by atoms with E-state index >= 15 is 0 Å². The van der Waals surface area contributed by atoms with Crippen LogP contribution in [0.1, 0.15) is 36.6 Å². The van der Waals surface area contributed by atoms with Gasteiger partial charge in [-0.1, -0.05) is 0 Å². The van der Waals surface area contributed by atoms with E-state index in [0.717, 1.165) is 22.6 Å². The standard InChI is InChI=1S/C17H26N2O3/c1-11-8-18-15(12(2)16(11)21-5)9-19(4)17(20)13(3)22-10-14-6-7-14/h8,13-14H,6-7,9-10H2,1-5H3/t13-/m1/s1. The minimum atomic E-state index is -0.404. The zero-order valence-corrected chi connectivity index (χ0v) is 14.2. The lowest BCUT2D eigenvalue weighted by Gasteiger charge is -2.22. The highest BCUT2D eigenvalue weighted by Crippen LogP contribution is 2.29. The molecule has 22 heavy (non-hydrogen) atoms. The molecular formula is C17H26N2O3. The van der Waals surface area contributed by atoms with Gasteiger partial charge in [-0.15, -0.1) is 0 Å². The quantitative estimate of drug-likeness (QED) is 0.776. The second-order valence-corrected chi connectivity index (χ2v) is 6.16. The van der Waals surface area contributed by atoms with Gasteiger partial charge in [-0.3, -0.25) is 9.78 Å². The van der Waals surface area contributed by atoms with Crippen molar-refractivity contribution in [3.63, 3.8) is 0 Å². The predicted molar refractivity (Wildman–Crippen MR) is 84.9 cm³/mol. The zero-order chi connectivity index (χ0) is 16.3. The molecule has 1 amide bonds. The van der Waals surface area contributed by atoms with Gasteiger partial charge in [0.1, 0.15) is 11.9 Å². The van der Waals surface area contributed by atoms with E-state index < -0.39 is 6.10 Å². The van der Waals surface area contributed by atoms with Crippen LogP contribution < -0.4 is 4.74 Å². The van der Waals surface area contributed by atoms with Crippen LogP contribution in [0.3, 0.4) is 0 Å². The van der Waals surface area contributed by atoms with E-state index in [9.17, 15) is 4.79 Å². The van der Waals surface area contributed by atoms with Crippen LogP contribution in [0.2, 0.25) is 0 Å². The molecule has 0 radical (unpaired) electrons. The molecule has 1 saturated carbocycles. The molecule has 0 bridgehead atoms. The van der Waals surface area contributed by atoms with Gasteiger partial charge < -0.3 is 14.4 Å². The molecule has 1 aromatic heterocycles. The Morgan fingerprint density at radius 3 is 2.73 bits per heavy atom. The van der Waals surface area contributed by atoms with Crippen LogP contribution in [0.4, 0.5) is 0 Å². The summed E-state index contributed by atoms with van der Waals surface area (Å²) < 4.78 is 11.1. The third-order valence-electron chi connectivity index (χ3n) is 4.14. The summed E-state index contributed by atoms with van der Waals surface area (Å²) in [5.74, 6) is 1.48. The average molecular weight is 306 g/mol. The third kappa shape index (κ3) is 3.97. The molecule has 1 aliphatic rings. The van der Waals surface area contributed by atoms with Crippen molar-refractivity contribution in [3.8, 4) is 5.75 Å². The van der Waals surface area contributed by atoms with Gasteiger partial charge in [0.2, 0.25) is 0 Å². The Bertz CT molecular complexity index is 541. The van der Waals surface area contributed by atoms with Crippen LogP contribution in [0.15, 0.2) is 6.20 Å². The smallest absolute Gasteiger partial charge is 0.251 e. The minimum absolute atomic E-state index is 0.0126. The van der Waals surface area contributed by atoms with Crippen molar-refractivity contribution in [3.05, 3.63) is 23.0 Å². The number of aryl methyl sites for hydroxylation is 1. The van der Waals surface area contributed by atoms with Crippen molar-refractivity contribution in [1.29, 1.82) is 0 Å². The molecule has 0 unspecified atom stereocenters. The molecule has 2 rings (SSSR count). The van der Waals surface area contributed by atoms with Crippen LogP contribution >= 0.6 is 0 Å². The van der Waals surface area contributed by atoms with Gasteiger partial charge in [-0.25, -0.2) is 0 Å². The summed E-state index contributed by atoms with van der Waals surface area (Å²) >= 11 is 0. The van der Waals surface area contributed by atoms with E-state index in [-0.39, 0.29) is 5.91 Å². The number of carbonyl (C=O) groups excluding carboxylic acids is 1. The lowest BCUT2D eigenvalue weighted by atomic mass is 10.1. The number of methoxy groups -OCH3 is 1. The maximum Gasteiger partial charge on any atom is 0.251 e. The summed E-state index contributed by atoms with van der Waals surface area (Å²) in [4.78, 5) is 18.5. The lowest BCUT2D eigenvalue weighted by molar-refractivity contribution is -0.142. The van der Waals surface area contributed by atoms with Gasteiger partial charge in [0.25, 0.3) is 5.91 Å². The number of carbonyl (C=O) groups is 1. The summed E-state index contributed by atoms with van der Waals surface area (Å²) in [6.45, 7) is 6.90. The zero-order valence-electron chi connectivity index (χ0n) is 14.2. The molecule has 122 valence electrons. The van der Waals surface area contributed by atoms with Gasteiger partial charge in [-0.05, 0) is 39.5 Å². The van der Waals surface area contributed by atoms with E-state index in [4.69, 9.17) is 9.47 Å². The predicted octanol–water partition coefficient (Wildman–Crippen LogP) is 2.48. The molecule has 1 fully saturated rings. The van der Waals surface area contributed by atoms with E-state index in [0.29, 0.717) is 19.1 Å². The Morgan fingerprint density at radius 1 is 1.45 bits per heavy atom. The van der Waals surface area contributed by atoms with E-state index in [1.54, 1.807) is 25.3 Å². The summed E-state index contributed by atoms with van der Waals surface area (Å²) in [5, 5.41) is 0. The molecule has 5 nitrogen and oxygen atoms in total. The molecule has 0 aromatic carbocycles. The van der Waals surface area contributed by atoms with Gasteiger partial charge in [0.15, 0.2) is 0 Å². The number of amides is 1. The highest BCUT2D eigenvalue weighted by molar-refractivity contribution is 5.80. The molecule has 0 spiro atoms. The average Bonchev–Trinajstić information content (AvgIpc) is 3.31. The van der Waals surface area contributed by atoms with Crippen LogP contribution in [0.25, 0.3) is 0 Å². The highest BCUT2D eigenvalue weighted by Gasteiger charge is 2.25. The Labute approximate surface area is 132 Å². The molecule has 1 aromatic rings. The Morgan fingerprint density at radius 2 is 2.14 bits per heavy atom. The molecule has 1 heterocycles. The van der Waals surface area contributed by atoms with Crippen LogP contribution in [0.5, 0.6) is 5.75 Å². The monoisotopic (exact) mass is 306 g/mol. The Kier molecular flexibility index (Phi) is 5.40. The number of hydrogen-bond acceptors (Lipinski definition) is 4. The largest absolute Gasteiger partial charge is 0.496 e. The maximum absolute atomic E-state index is 12.4. The molecule has 1 atom stereocenters. The molecule has 0 N–H and O–H groups in total. The Balaban J connectivity index is 1.98. The highest BCUT2D eigenvalue weighted by atomic mass is 16.5. The minimum Gasteiger partial charge on any atom is -0.496 e. The van der Waals surface area contributed by atoms with Crippen molar-refractivity contribution in [2.24, 2.45) is 5.92 Å². The van der Waals surface area contributed by atoms with E-state index in [2.05, 4.69) is 4.98 Å². The number of rotatable bonds is 7. The van der Waals surface area contributed by atoms with Crippen molar-refractivity contribution < 1.29 is 14.3 Å². The van der Waals surface area contributed by atoms with Gasteiger partial charge in [0, 0.05) is 24.4 Å². The first-order chi connectivity index (χ1) is 10.4. The first-order valence-corrected chi connectivity index (χ1v) is 7.79. The van der Waals surface area contributed by atoms with Crippen molar-refractivity contribution in [2.45, 2.75) is 46.3 Å². The SMILES string of the molecule is COc1c(C)cnc(CN(C)C(=O)[C@@H](C)OCC2CC2)c1C. The summed E-state index contributed by atoms with van der Waals surface area (Å²) in [6, 6.07) is 0. The van der Waals surface area contributed by atoms with Crippen LogP contribution in [-0.4, -0.2) is 42.7 Å². The second-order valence-electron chi connectivity index (χ2n) is 6.16. The first-order valence-electron chi connectivity index (χ1n) is 7.79. The number of likely N-dealkylation sites (N-methyl/N-ethyl adjacent to an activating group) is 1. The maximum atomic E-state index is 12.4. The molecule has 5 heteroatoms. The van der Waals surface area contributed by atoms with Crippen molar-refractivity contribution in [2.75, 3.05) is 20.8 Å². The van der Waals surface area contributed by atoms with Crippen LogP contribution in [-0.2, 0) is 16.1 Å². The fraction of sp³-hybridized carbons (Fsp3) is 0.647. The number of nitrogens with zero attached hydrogens (tertiary/aromatic N) is 2. The van der Waals surface area contributed by atoms with Gasteiger partial charge in [-0.2, -0.15) is 0 Å². The summed E-state index contributed by atoms with van der Waals surface area (Å²) in [6.07, 6.45) is 3.83. The summed E-state index contributed by atoms with van der Waals surface area (Å²) in [5.41, 5.74) is 2.83. The molecule has 1 aliphatic carbocycles. The second kappa shape index (κ2) is 7.09. The fourth-order valence-electron chi connectivity index (χ4n) is 2.48. The number of ether oxygens (including phenoxy) is 2. The number of hydrogen-bond donors (Lipinski definition) is 0. The Hall–Kier alpha value is -1.62. The topological polar surface area (TPSA) is 51.7 Å². The fourth-order valence-corrected chi connectivity index (χ4v) is 2.48. The van der Waals surface area contributed by atoms with E-state index in [1.807, 2.05) is 20.8 Å². The van der Waals surface area contributed by atoms with Crippen molar-refractivity contribution in [1.82, 2.24) is 9.88 Å². The van der Waals surface area contributed by atoms with Crippen LogP contribution in [0, 0.1) is 19.8 Å². The van der Waals surface area contributed by atoms with Crippen molar-refractivity contribution >= 4 is 5.91 Å². The van der Waals surface area contributed by atoms with Gasteiger partial charge in [0.05, 0.1) is 26.0 Å².